The molecule has 2 fully saturated rings. The fourth-order valence-corrected chi connectivity index (χ4v) is 6.31. The van der Waals surface area contributed by atoms with Crippen LogP contribution in [0.2, 0.25) is 0 Å². The molecule has 1 atom stereocenters. The maximum atomic E-state index is 13.3. The molecule has 0 spiro atoms. The minimum Gasteiger partial charge on any atom is -0.436 e. The zero-order valence-corrected chi connectivity index (χ0v) is 18.3. The first kappa shape index (κ1) is 20.9. The molecule has 3 aliphatic rings. The van der Waals surface area contributed by atoms with Crippen LogP contribution in [0.3, 0.4) is 0 Å². The molecule has 1 aromatic heterocycles. The van der Waals surface area contributed by atoms with Crippen LogP contribution >= 0.6 is 0 Å². The quantitative estimate of drug-likeness (QED) is 0.683. The van der Waals surface area contributed by atoms with Crippen molar-refractivity contribution >= 4 is 27.3 Å². The fourth-order valence-electron chi connectivity index (χ4n) is 4.55. The SMILES string of the molecule is O=C(CN1C(=O)c2ccccc2Oc2ncccc21)N1CCN([C@@H]2CCS(=O)(=O)C2)CC1. The molecule has 1 aromatic carbocycles. The van der Waals surface area contributed by atoms with E-state index in [2.05, 4.69) is 9.88 Å². The number of rotatable bonds is 3. The highest BCUT2D eigenvalue weighted by Gasteiger charge is 2.36. The van der Waals surface area contributed by atoms with Crippen molar-refractivity contribution in [2.24, 2.45) is 0 Å². The third kappa shape index (κ3) is 3.95. The van der Waals surface area contributed by atoms with Gasteiger partial charge >= 0.3 is 0 Å². The molecule has 2 saturated heterocycles. The number of para-hydroxylation sites is 1. The zero-order valence-electron chi connectivity index (χ0n) is 17.5. The van der Waals surface area contributed by atoms with Crippen molar-refractivity contribution in [1.82, 2.24) is 14.8 Å². The summed E-state index contributed by atoms with van der Waals surface area (Å²) in [5.74, 6) is 0.664. The van der Waals surface area contributed by atoms with Crippen LogP contribution in [0.5, 0.6) is 11.6 Å². The molecule has 10 heteroatoms. The number of fused-ring (bicyclic) bond motifs is 2. The third-order valence-corrected chi connectivity index (χ3v) is 8.05. The molecule has 2 amide bonds. The van der Waals surface area contributed by atoms with E-state index in [4.69, 9.17) is 4.74 Å². The minimum absolute atomic E-state index is 0.0380. The van der Waals surface area contributed by atoms with Crippen LogP contribution in [-0.4, -0.2) is 85.3 Å². The smallest absolute Gasteiger partial charge is 0.262 e. The highest BCUT2D eigenvalue weighted by molar-refractivity contribution is 7.91. The molecular weight excluding hydrogens is 432 g/mol. The first-order chi connectivity index (χ1) is 15.4. The molecule has 0 saturated carbocycles. The Bertz CT molecular complexity index is 1160. The Balaban J connectivity index is 1.30. The van der Waals surface area contributed by atoms with Gasteiger partial charge in [0.05, 0.1) is 17.1 Å². The van der Waals surface area contributed by atoms with E-state index in [-0.39, 0.29) is 41.8 Å². The Kier molecular flexibility index (Phi) is 5.34. The van der Waals surface area contributed by atoms with Gasteiger partial charge in [-0.2, -0.15) is 0 Å². The highest BCUT2D eigenvalue weighted by Crippen LogP contribution is 2.37. The molecule has 9 nitrogen and oxygen atoms in total. The van der Waals surface area contributed by atoms with Gasteiger partial charge in [0, 0.05) is 38.4 Å². The molecule has 168 valence electrons. The number of aromatic nitrogens is 1. The van der Waals surface area contributed by atoms with Crippen LogP contribution in [0.15, 0.2) is 42.6 Å². The maximum Gasteiger partial charge on any atom is 0.262 e. The van der Waals surface area contributed by atoms with Crippen molar-refractivity contribution in [1.29, 1.82) is 0 Å². The summed E-state index contributed by atoms with van der Waals surface area (Å²) in [4.78, 5) is 36.0. The molecule has 0 N–H and O–H groups in total. The van der Waals surface area contributed by atoms with Crippen LogP contribution in [0.25, 0.3) is 0 Å². The highest BCUT2D eigenvalue weighted by atomic mass is 32.2. The second-order valence-corrected chi connectivity index (χ2v) is 10.5. The number of piperazine rings is 1. The van der Waals surface area contributed by atoms with Crippen LogP contribution in [0, 0.1) is 0 Å². The topological polar surface area (TPSA) is 100 Å². The first-order valence-electron chi connectivity index (χ1n) is 10.7. The van der Waals surface area contributed by atoms with Crippen LogP contribution in [-0.2, 0) is 14.6 Å². The normalized spacial score (nSPS) is 22.6. The van der Waals surface area contributed by atoms with E-state index in [1.807, 2.05) is 0 Å². The second-order valence-electron chi connectivity index (χ2n) is 8.29. The molecule has 0 aliphatic carbocycles. The van der Waals surface area contributed by atoms with Crippen molar-refractivity contribution in [2.75, 3.05) is 49.1 Å². The Morgan fingerprint density at radius 1 is 1.09 bits per heavy atom. The Morgan fingerprint density at radius 3 is 2.62 bits per heavy atom. The Morgan fingerprint density at radius 2 is 1.88 bits per heavy atom. The number of nitrogens with zero attached hydrogens (tertiary/aromatic N) is 4. The summed E-state index contributed by atoms with van der Waals surface area (Å²) in [7, 11) is -2.94. The number of amides is 2. The van der Waals surface area contributed by atoms with Gasteiger partial charge in [0.15, 0.2) is 9.84 Å². The number of anilines is 1. The number of sulfone groups is 1. The molecule has 4 heterocycles. The van der Waals surface area contributed by atoms with Gasteiger partial charge in [-0.1, -0.05) is 12.1 Å². The van der Waals surface area contributed by atoms with Crippen molar-refractivity contribution in [3.8, 4) is 11.6 Å². The van der Waals surface area contributed by atoms with E-state index in [9.17, 15) is 18.0 Å². The van der Waals surface area contributed by atoms with E-state index in [1.54, 1.807) is 47.5 Å². The lowest BCUT2D eigenvalue weighted by atomic mass is 10.1. The lowest BCUT2D eigenvalue weighted by Crippen LogP contribution is -2.54. The lowest BCUT2D eigenvalue weighted by Gasteiger charge is -2.38. The van der Waals surface area contributed by atoms with Gasteiger partial charge in [-0.25, -0.2) is 13.4 Å². The molecule has 2 aromatic rings. The number of hydrogen-bond acceptors (Lipinski definition) is 7. The second kappa shape index (κ2) is 8.18. The summed E-state index contributed by atoms with van der Waals surface area (Å²) in [6, 6.07) is 10.4. The largest absolute Gasteiger partial charge is 0.436 e. The van der Waals surface area contributed by atoms with E-state index in [1.165, 1.54) is 4.90 Å². The van der Waals surface area contributed by atoms with E-state index in [0.717, 1.165) is 0 Å². The van der Waals surface area contributed by atoms with Crippen LogP contribution in [0.4, 0.5) is 5.69 Å². The zero-order chi connectivity index (χ0) is 22.3. The number of carbonyl (C=O) groups excluding carboxylic acids is 2. The molecule has 0 unspecified atom stereocenters. The first-order valence-corrected chi connectivity index (χ1v) is 12.5. The summed E-state index contributed by atoms with van der Waals surface area (Å²) in [5.41, 5.74) is 0.836. The number of hydrogen-bond donors (Lipinski definition) is 0. The predicted octanol–water partition coefficient (Wildman–Crippen LogP) is 1.17. The van der Waals surface area contributed by atoms with Gasteiger partial charge in [-0.3, -0.25) is 19.4 Å². The van der Waals surface area contributed by atoms with Gasteiger partial charge in [0.25, 0.3) is 5.91 Å². The number of pyridine rings is 1. The van der Waals surface area contributed by atoms with Crippen molar-refractivity contribution in [3.05, 3.63) is 48.2 Å². The van der Waals surface area contributed by atoms with Crippen LogP contribution < -0.4 is 9.64 Å². The van der Waals surface area contributed by atoms with Gasteiger partial charge < -0.3 is 9.64 Å². The Hall–Kier alpha value is -2.98. The third-order valence-electron chi connectivity index (χ3n) is 6.30. The minimum atomic E-state index is -2.94. The average molecular weight is 457 g/mol. The summed E-state index contributed by atoms with van der Waals surface area (Å²) in [6.07, 6.45) is 2.24. The summed E-state index contributed by atoms with van der Waals surface area (Å²) >= 11 is 0. The lowest BCUT2D eigenvalue weighted by molar-refractivity contribution is -0.131. The fraction of sp³-hybridized carbons (Fsp3) is 0.409. The molecule has 5 rings (SSSR count). The summed E-state index contributed by atoms with van der Waals surface area (Å²) in [6.45, 7) is 2.15. The number of benzene rings is 1. The summed E-state index contributed by atoms with van der Waals surface area (Å²) < 4.78 is 29.4. The molecule has 0 bridgehead atoms. The monoisotopic (exact) mass is 456 g/mol. The standard InChI is InChI=1S/C22H24N4O5S/c27-20(25-11-9-24(10-12-25)16-7-13-32(29,30)15-16)14-26-18-5-3-8-23-21(18)31-19-6-2-1-4-17(19)22(26)28/h1-6,8,16H,7,9-15H2/t16-/m1/s1. The molecule has 0 radical (unpaired) electrons. The molecular formula is C22H24N4O5S. The summed E-state index contributed by atoms with van der Waals surface area (Å²) in [5, 5.41) is 0. The van der Waals surface area contributed by atoms with Gasteiger partial charge in [0.1, 0.15) is 18.0 Å². The predicted molar refractivity (Wildman–Crippen MR) is 118 cm³/mol. The van der Waals surface area contributed by atoms with Crippen molar-refractivity contribution < 1.29 is 22.7 Å². The van der Waals surface area contributed by atoms with Gasteiger partial charge in [-0.15, -0.1) is 0 Å². The van der Waals surface area contributed by atoms with E-state index in [0.29, 0.717) is 49.6 Å². The average Bonchev–Trinajstić information content (AvgIpc) is 3.12. The number of ether oxygens (including phenoxy) is 1. The van der Waals surface area contributed by atoms with Crippen molar-refractivity contribution in [3.63, 3.8) is 0 Å². The Labute approximate surface area is 186 Å². The van der Waals surface area contributed by atoms with Crippen LogP contribution in [0.1, 0.15) is 16.8 Å². The van der Waals surface area contributed by atoms with E-state index < -0.39 is 9.84 Å². The van der Waals surface area contributed by atoms with Crippen molar-refractivity contribution in [2.45, 2.75) is 12.5 Å². The maximum absolute atomic E-state index is 13.3. The molecule has 3 aliphatic heterocycles. The van der Waals surface area contributed by atoms with Gasteiger partial charge in [0.2, 0.25) is 11.8 Å². The number of carbonyl (C=O) groups is 2. The van der Waals surface area contributed by atoms with Gasteiger partial charge in [-0.05, 0) is 30.7 Å². The van der Waals surface area contributed by atoms with E-state index >= 15 is 0 Å². The molecule has 32 heavy (non-hydrogen) atoms.